The second-order valence-electron chi connectivity index (χ2n) is 4.29. The SMILES string of the molecule is Cc1ccc(S(=O)(=O)[C@@](Cl)(SCl)Sc2ccccc2)cc1. The van der Waals surface area contributed by atoms with Gasteiger partial charge in [-0.3, -0.25) is 0 Å². The third-order valence-electron chi connectivity index (χ3n) is 2.73. The van der Waals surface area contributed by atoms with Gasteiger partial charge in [0, 0.05) is 4.90 Å². The summed E-state index contributed by atoms with van der Waals surface area (Å²) in [5.74, 6) is 0. The maximum Gasteiger partial charge on any atom is 0.259 e. The van der Waals surface area contributed by atoms with E-state index in [9.17, 15) is 8.42 Å². The summed E-state index contributed by atoms with van der Waals surface area (Å²) in [6.07, 6.45) is 0. The Balaban J connectivity index is 2.41. The Morgan fingerprint density at radius 2 is 1.57 bits per heavy atom. The first kappa shape index (κ1) is 17.0. The summed E-state index contributed by atoms with van der Waals surface area (Å²) in [4.78, 5) is 0.885. The van der Waals surface area contributed by atoms with Crippen LogP contribution in [-0.2, 0) is 9.84 Å². The van der Waals surface area contributed by atoms with Crippen LogP contribution in [0.1, 0.15) is 5.56 Å². The molecule has 1 atom stereocenters. The molecule has 0 saturated heterocycles. The Hall–Kier alpha value is -0.330. The van der Waals surface area contributed by atoms with E-state index in [-0.39, 0.29) is 4.90 Å². The highest BCUT2D eigenvalue weighted by Crippen LogP contribution is 2.53. The Bertz CT molecular complexity index is 703. The zero-order chi connectivity index (χ0) is 15.5. The van der Waals surface area contributed by atoms with Crippen molar-refractivity contribution in [2.75, 3.05) is 0 Å². The number of hydrogen-bond donors (Lipinski definition) is 0. The van der Waals surface area contributed by atoms with E-state index in [1.165, 1.54) is 0 Å². The highest BCUT2D eigenvalue weighted by atomic mass is 35.7. The van der Waals surface area contributed by atoms with Crippen LogP contribution in [0, 0.1) is 6.92 Å². The highest BCUT2D eigenvalue weighted by Gasteiger charge is 2.45. The van der Waals surface area contributed by atoms with Gasteiger partial charge in [-0.1, -0.05) is 59.3 Å². The summed E-state index contributed by atoms with van der Waals surface area (Å²) in [6, 6.07) is 15.6. The van der Waals surface area contributed by atoms with Gasteiger partial charge >= 0.3 is 0 Å². The molecule has 112 valence electrons. The molecule has 0 heterocycles. The molecule has 2 aromatic rings. The van der Waals surface area contributed by atoms with Crippen LogP contribution in [-0.4, -0.2) is 11.3 Å². The molecule has 0 aliphatic carbocycles. The molecule has 0 aliphatic heterocycles. The van der Waals surface area contributed by atoms with Crippen LogP contribution in [0.3, 0.4) is 0 Å². The lowest BCUT2D eigenvalue weighted by Crippen LogP contribution is -2.24. The fourth-order valence-electron chi connectivity index (χ4n) is 1.60. The summed E-state index contributed by atoms with van der Waals surface area (Å²) < 4.78 is 23.8. The van der Waals surface area contributed by atoms with Gasteiger partial charge in [0.05, 0.1) is 4.90 Å². The van der Waals surface area contributed by atoms with E-state index in [4.69, 9.17) is 22.3 Å². The van der Waals surface area contributed by atoms with Crippen LogP contribution in [0.15, 0.2) is 64.4 Å². The Morgan fingerprint density at radius 3 is 2.10 bits per heavy atom. The summed E-state index contributed by atoms with van der Waals surface area (Å²) >= 11 is 7.34. The number of thioether (sulfide) groups is 1. The van der Waals surface area contributed by atoms with Crippen molar-refractivity contribution in [3.8, 4) is 0 Å². The van der Waals surface area contributed by atoms with Crippen molar-refractivity contribution in [1.82, 2.24) is 0 Å². The first-order valence-corrected chi connectivity index (χ1v) is 10.2. The average molecular weight is 379 g/mol. The van der Waals surface area contributed by atoms with Crippen LogP contribution < -0.4 is 0 Å². The van der Waals surface area contributed by atoms with Crippen molar-refractivity contribution in [2.24, 2.45) is 0 Å². The fraction of sp³-hybridized carbons (Fsp3) is 0.143. The van der Waals surface area contributed by atoms with Crippen molar-refractivity contribution in [3.63, 3.8) is 0 Å². The summed E-state index contributed by atoms with van der Waals surface area (Å²) in [6.45, 7) is 1.89. The number of sulfone groups is 1. The fourth-order valence-corrected chi connectivity index (χ4v) is 6.57. The molecule has 0 unspecified atom stereocenters. The Morgan fingerprint density at radius 1 is 1.00 bits per heavy atom. The maximum atomic E-state index is 12.7. The number of halogens is 2. The summed E-state index contributed by atoms with van der Waals surface area (Å²) in [5, 5.41) is 0. The molecule has 0 N–H and O–H groups in total. The molecular formula is C14H12Cl2O2S3. The molecule has 0 saturated carbocycles. The molecule has 0 radical (unpaired) electrons. The Kier molecular flexibility index (Phi) is 5.54. The van der Waals surface area contributed by atoms with E-state index in [1.807, 2.05) is 25.1 Å². The summed E-state index contributed by atoms with van der Waals surface area (Å²) in [5.41, 5.74) is 0.975. The lowest BCUT2D eigenvalue weighted by molar-refractivity contribution is 0.597. The second-order valence-corrected chi connectivity index (χ2v) is 10.9. The third-order valence-corrected chi connectivity index (χ3v) is 10.1. The average Bonchev–Trinajstić information content (AvgIpc) is 2.48. The van der Waals surface area contributed by atoms with Crippen molar-refractivity contribution < 1.29 is 8.42 Å². The van der Waals surface area contributed by atoms with Crippen molar-refractivity contribution in [2.45, 2.75) is 19.6 Å². The zero-order valence-corrected chi connectivity index (χ0v) is 15.0. The van der Waals surface area contributed by atoms with E-state index in [0.29, 0.717) is 11.0 Å². The van der Waals surface area contributed by atoms with Crippen molar-refractivity contribution >= 4 is 54.9 Å². The molecular weight excluding hydrogens is 367 g/mol. The van der Waals surface area contributed by atoms with Gasteiger partial charge in [0.25, 0.3) is 2.87 Å². The van der Waals surface area contributed by atoms with Crippen LogP contribution in [0.4, 0.5) is 0 Å². The molecule has 0 amide bonds. The van der Waals surface area contributed by atoms with Gasteiger partial charge in [0.15, 0.2) is 0 Å². The standard InChI is InChI=1S/C14H12Cl2O2S3/c1-11-7-9-13(10-8-11)21(17,18)14(15,20-16)19-12-5-3-2-4-6-12/h2-10H,1H3/t14-/m1/s1. The first-order valence-electron chi connectivity index (χ1n) is 5.93. The highest BCUT2D eigenvalue weighted by molar-refractivity contribution is 8.41. The molecule has 0 bridgehead atoms. The normalized spacial score (nSPS) is 14.6. The van der Waals surface area contributed by atoms with Gasteiger partial charge in [-0.15, -0.1) is 0 Å². The van der Waals surface area contributed by atoms with Crippen LogP contribution >= 0.6 is 45.0 Å². The van der Waals surface area contributed by atoms with Crippen molar-refractivity contribution in [1.29, 1.82) is 0 Å². The molecule has 2 nitrogen and oxygen atoms in total. The predicted molar refractivity (Wildman–Crippen MR) is 92.7 cm³/mol. The lowest BCUT2D eigenvalue weighted by atomic mass is 10.2. The molecule has 0 aliphatic rings. The quantitative estimate of drug-likeness (QED) is 0.401. The molecule has 2 aromatic carbocycles. The van der Waals surface area contributed by atoms with Gasteiger partial charge in [0.2, 0.25) is 9.84 Å². The first-order chi connectivity index (χ1) is 9.89. The van der Waals surface area contributed by atoms with Gasteiger partial charge < -0.3 is 0 Å². The molecule has 0 spiro atoms. The minimum Gasteiger partial charge on any atom is -0.220 e. The minimum atomic E-state index is -3.81. The van der Waals surface area contributed by atoms with Crippen LogP contribution in [0.25, 0.3) is 0 Å². The van der Waals surface area contributed by atoms with E-state index in [1.54, 1.807) is 36.4 Å². The van der Waals surface area contributed by atoms with E-state index in [0.717, 1.165) is 22.2 Å². The molecule has 2 rings (SSSR count). The molecule has 0 fully saturated rings. The van der Waals surface area contributed by atoms with E-state index < -0.39 is 12.7 Å². The number of benzene rings is 2. The maximum absolute atomic E-state index is 12.7. The number of rotatable bonds is 5. The smallest absolute Gasteiger partial charge is 0.220 e. The zero-order valence-electron chi connectivity index (χ0n) is 11.0. The van der Waals surface area contributed by atoms with E-state index in [2.05, 4.69) is 0 Å². The third kappa shape index (κ3) is 3.71. The van der Waals surface area contributed by atoms with Gasteiger partial charge in [-0.05, 0) is 52.8 Å². The van der Waals surface area contributed by atoms with E-state index >= 15 is 0 Å². The van der Waals surface area contributed by atoms with Gasteiger partial charge in [-0.2, -0.15) is 0 Å². The Labute approximate surface area is 142 Å². The number of aryl methyl sites for hydroxylation is 1. The minimum absolute atomic E-state index is 0.152. The topological polar surface area (TPSA) is 34.1 Å². The van der Waals surface area contributed by atoms with Crippen molar-refractivity contribution in [3.05, 3.63) is 60.2 Å². The number of alkyl halides is 1. The molecule has 7 heteroatoms. The predicted octanol–water partition coefficient (Wildman–Crippen LogP) is 5.30. The number of hydrogen-bond acceptors (Lipinski definition) is 4. The monoisotopic (exact) mass is 378 g/mol. The van der Waals surface area contributed by atoms with Gasteiger partial charge in [-0.25, -0.2) is 8.42 Å². The lowest BCUT2D eigenvalue weighted by Gasteiger charge is -2.23. The van der Waals surface area contributed by atoms with Crippen LogP contribution in [0.5, 0.6) is 0 Å². The largest absolute Gasteiger partial charge is 0.259 e. The second kappa shape index (κ2) is 6.84. The van der Waals surface area contributed by atoms with Crippen LogP contribution in [0.2, 0.25) is 0 Å². The molecule has 0 aromatic heterocycles. The molecule has 21 heavy (non-hydrogen) atoms. The van der Waals surface area contributed by atoms with Gasteiger partial charge in [0.1, 0.15) is 0 Å². The summed E-state index contributed by atoms with van der Waals surface area (Å²) in [7, 11) is 2.59.